The van der Waals surface area contributed by atoms with Crippen molar-refractivity contribution in [3.8, 4) is 0 Å². The van der Waals surface area contributed by atoms with Gasteiger partial charge in [-0.05, 0) is 49.9 Å². The van der Waals surface area contributed by atoms with Crippen molar-refractivity contribution in [3.05, 3.63) is 63.1 Å². The number of amides is 1. The summed E-state index contributed by atoms with van der Waals surface area (Å²) in [5, 5.41) is 0. The predicted molar refractivity (Wildman–Crippen MR) is 88.1 cm³/mol. The van der Waals surface area contributed by atoms with Gasteiger partial charge in [0, 0.05) is 24.4 Å². The Labute approximate surface area is 139 Å². The van der Waals surface area contributed by atoms with E-state index in [0.717, 1.165) is 29.8 Å². The summed E-state index contributed by atoms with van der Waals surface area (Å²) in [6, 6.07) is 6.36. The topological polar surface area (TPSA) is 66.1 Å². The van der Waals surface area contributed by atoms with Gasteiger partial charge >= 0.3 is 5.69 Å². The Kier molecular flexibility index (Phi) is 4.46. The van der Waals surface area contributed by atoms with Gasteiger partial charge in [0.05, 0.1) is 6.04 Å². The van der Waals surface area contributed by atoms with Crippen LogP contribution in [0.2, 0.25) is 0 Å². The molecule has 1 aliphatic heterocycles. The van der Waals surface area contributed by atoms with Crippen LogP contribution >= 0.6 is 0 Å². The van der Waals surface area contributed by atoms with Crippen LogP contribution in [0.1, 0.15) is 41.4 Å². The predicted octanol–water partition coefficient (Wildman–Crippen LogP) is 2.43. The van der Waals surface area contributed by atoms with Gasteiger partial charge in [-0.1, -0.05) is 12.1 Å². The maximum Gasteiger partial charge on any atom is 0.345 e. The molecule has 1 unspecified atom stereocenters. The van der Waals surface area contributed by atoms with Crippen molar-refractivity contribution in [2.45, 2.75) is 39.2 Å². The van der Waals surface area contributed by atoms with E-state index in [0.29, 0.717) is 18.5 Å². The summed E-state index contributed by atoms with van der Waals surface area (Å²) >= 11 is 0. The molecule has 6 heteroatoms. The molecule has 1 aliphatic rings. The van der Waals surface area contributed by atoms with Crippen molar-refractivity contribution in [2.75, 3.05) is 6.54 Å². The monoisotopic (exact) mass is 329 g/mol. The number of carbonyl (C=O) groups is 1. The number of nitrogens with one attached hydrogen (secondary N) is 1. The Bertz CT molecular complexity index is 788. The summed E-state index contributed by atoms with van der Waals surface area (Å²) in [4.78, 5) is 32.2. The number of hydrogen-bond acceptors (Lipinski definition) is 3. The van der Waals surface area contributed by atoms with Crippen molar-refractivity contribution in [1.29, 1.82) is 0 Å². The SMILES string of the molecule is Cc1nc(=O)[nH]c(C)c1CCC(=O)N1CCC1c1ccc(F)cc1. The molecule has 0 aliphatic carbocycles. The molecule has 0 spiro atoms. The number of aromatic amines is 1. The number of halogens is 1. The molecule has 5 nitrogen and oxygen atoms in total. The second-order valence-electron chi connectivity index (χ2n) is 6.17. The van der Waals surface area contributed by atoms with Crippen molar-refractivity contribution in [3.63, 3.8) is 0 Å². The molecule has 1 amide bonds. The lowest BCUT2D eigenvalue weighted by Gasteiger charge is -2.41. The van der Waals surface area contributed by atoms with Crippen LogP contribution < -0.4 is 5.69 Å². The highest BCUT2D eigenvalue weighted by molar-refractivity contribution is 5.78. The van der Waals surface area contributed by atoms with E-state index in [1.165, 1.54) is 12.1 Å². The van der Waals surface area contributed by atoms with Gasteiger partial charge in [-0.25, -0.2) is 9.18 Å². The van der Waals surface area contributed by atoms with Crippen LogP contribution in [0.15, 0.2) is 29.1 Å². The lowest BCUT2D eigenvalue weighted by atomic mass is 9.93. The highest BCUT2D eigenvalue weighted by atomic mass is 19.1. The van der Waals surface area contributed by atoms with Crippen molar-refractivity contribution >= 4 is 5.91 Å². The van der Waals surface area contributed by atoms with E-state index in [1.807, 2.05) is 11.8 Å². The minimum atomic E-state index is -0.362. The molecule has 0 bridgehead atoms. The molecule has 126 valence electrons. The molecule has 3 rings (SSSR count). The molecule has 24 heavy (non-hydrogen) atoms. The zero-order chi connectivity index (χ0) is 17.3. The Balaban J connectivity index is 1.65. The molecular weight excluding hydrogens is 309 g/mol. The molecule has 1 aromatic heterocycles. The average molecular weight is 329 g/mol. The number of rotatable bonds is 4. The van der Waals surface area contributed by atoms with Crippen molar-refractivity contribution in [2.24, 2.45) is 0 Å². The lowest BCUT2D eigenvalue weighted by molar-refractivity contribution is -0.139. The van der Waals surface area contributed by atoms with E-state index in [1.54, 1.807) is 19.1 Å². The minimum absolute atomic E-state index is 0.0361. The number of carbonyl (C=O) groups excluding carboxylic acids is 1. The second kappa shape index (κ2) is 6.55. The van der Waals surface area contributed by atoms with E-state index in [9.17, 15) is 14.0 Å². The molecule has 1 fully saturated rings. The van der Waals surface area contributed by atoms with Crippen LogP contribution in [0.3, 0.4) is 0 Å². The molecule has 0 saturated carbocycles. The maximum absolute atomic E-state index is 13.0. The van der Waals surface area contributed by atoms with E-state index < -0.39 is 0 Å². The van der Waals surface area contributed by atoms with Crippen LogP contribution in [0.4, 0.5) is 4.39 Å². The van der Waals surface area contributed by atoms with Gasteiger partial charge < -0.3 is 9.88 Å². The van der Waals surface area contributed by atoms with Crippen molar-refractivity contribution in [1.82, 2.24) is 14.9 Å². The molecule has 1 saturated heterocycles. The maximum atomic E-state index is 13.0. The molecule has 1 N–H and O–H groups in total. The van der Waals surface area contributed by atoms with Crippen LogP contribution in [-0.4, -0.2) is 27.3 Å². The molecule has 0 radical (unpaired) electrons. The number of nitrogens with zero attached hydrogens (tertiary/aromatic N) is 2. The van der Waals surface area contributed by atoms with E-state index in [-0.39, 0.29) is 23.5 Å². The first-order valence-electron chi connectivity index (χ1n) is 8.07. The molecule has 2 heterocycles. The number of H-pyrrole nitrogens is 1. The van der Waals surface area contributed by atoms with Gasteiger partial charge in [-0.15, -0.1) is 0 Å². The average Bonchev–Trinajstić information content (AvgIpc) is 2.47. The third-order valence-electron chi connectivity index (χ3n) is 4.64. The summed E-state index contributed by atoms with van der Waals surface area (Å²) in [6.45, 7) is 4.33. The van der Waals surface area contributed by atoms with Crippen LogP contribution in [0.5, 0.6) is 0 Å². The van der Waals surface area contributed by atoms with E-state index >= 15 is 0 Å². The third kappa shape index (κ3) is 3.22. The quantitative estimate of drug-likeness (QED) is 0.937. The van der Waals surface area contributed by atoms with E-state index in [2.05, 4.69) is 9.97 Å². The first kappa shape index (κ1) is 16.4. The largest absolute Gasteiger partial charge is 0.345 e. The number of aryl methyl sites for hydroxylation is 2. The van der Waals surface area contributed by atoms with Gasteiger partial charge in [0.1, 0.15) is 5.82 Å². The fourth-order valence-corrected chi connectivity index (χ4v) is 3.22. The summed E-state index contributed by atoms with van der Waals surface area (Å²) in [6.07, 6.45) is 1.82. The number of hydrogen-bond donors (Lipinski definition) is 1. The fraction of sp³-hybridized carbons (Fsp3) is 0.389. The number of benzene rings is 1. The molecule has 2 aromatic rings. The summed E-state index contributed by atoms with van der Waals surface area (Å²) in [5.74, 6) is -0.201. The highest BCUT2D eigenvalue weighted by Gasteiger charge is 2.32. The zero-order valence-electron chi connectivity index (χ0n) is 13.8. The van der Waals surface area contributed by atoms with Crippen LogP contribution in [-0.2, 0) is 11.2 Å². The normalized spacial score (nSPS) is 16.8. The molecular formula is C18H20FN3O2. The van der Waals surface area contributed by atoms with Crippen molar-refractivity contribution < 1.29 is 9.18 Å². The number of likely N-dealkylation sites (tertiary alicyclic amines) is 1. The first-order valence-corrected chi connectivity index (χ1v) is 8.07. The zero-order valence-corrected chi connectivity index (χ0v) is 13.8. The first-order chi connectivity index (χ1) is 11.5. The third-order valence-corrected chi connectivity index (χ3v) is 4.64. The van der Waals surface area contributed by atoms with E-state index in [4.69, 9.17) is 0 Å². The van der Waals surface area contributed by atoms with Gasteiger partial charge in [-0.2, -0.15) is 4.98 Å². The standard InChI is InChI=1S/C18H20FN3O2/c1-11-15(12(2)21-18(24)20-11)7-8-17(23)22-10-9-16(22)13-3-5-14(19)6-4-13/h3-6,16H,7-10H2,1-2H3,(H,20,21,24). The minimum Gasteiger partial charge on any atom is -0.335 e. The van der Waals surface area contributed by atoms with Gasteiger partial charge in [0.15, 0.2) is 0 Å². The number of aromatic nitrogens is 2. The highest BCUT2D eigenvalue weighted by Crippen LogP contribution is 2.33. The fourth-order valence-electron chi connectivity index (χ4n) is 3.22. The Morgan fingerprint density at radius 2 is 2.04 bits per heavy atom. The Morgan fingerprint density at radius 1 is 1.33 bits per heavy atom. The smallest absolute Gasteiger partial charge is 0.335 e. The van der Waals surface area contributed by atoms with Gasteiger partial charge in [0.2, 0.25) is 5.91 Å². The second-order valence-corrected chi connectivity index (χ2v) is 6.17. The summed E-state index contributed by atoms with van der Waals surface area (Å²) in [7, 11) is 0. The van der Waals surface area contributed by atoms with Gasteiger partial charge in [-0.3, -0.25) is 4.79 Å². The summed E-state index contributed by atoms with van der Waals surface area (Å²) < 4.78 is 13.0. The molecule has 1 aromatic carbocycles. The van der Waals surface area contributed by atoms with Crippen LogP contribution in [0, 0.1) is 19.7 Å². The Morgan fingerprint density at radius 3 is 2.62 bits per heavy atom. The lowest BCUT2D eigenvalue weighted by Crippen LogP contribution is -2.45. The van der Waals surface area contributed by atoms with Gasteiger partial charge in [0.25, 0.3) is 0 Å². The summed E-state index contributed by atoms with van der Waals surface area (Å²) in [5.41, 5.74) is 2.96. The van der Waals surface area contributed by atoms with Crippen LogP contribution in [0.25, 0.3) is 0 Å². The molecule has 1 atom stereocenters. The Hall–Kier alpha value is -2.50.